The van der Waals surface area contributed by atoms with Crippen molar-refractivity contribution in [3.05, 3.63) is 29.6 Å². The van der Waals surface area contributed by atoms with Crippen LogP contribution in [0.1, 0.15) is 24.2 Å². The Kier molecular flexibility index (Phi) is 4.69. The smallest absolute Gasteiger partial charge is 0.335 e. The van der Waals surface area contributed by atoms with Crippen LogP contribution in [-0.2, 0) is 19.6 Å². The van der Waals surface area contributed by atoms with E-state index in [9.17, 15) is 22.4 Å². The number of carbonyl (C=O) groups is 2. The number of hydrogen-bond donors (Lipinski definition) is 2. The average Bonchev–Trinajstić information content (AvgIpc) is 2.36. The highest BCUT2D eigenvalue weighted by atomic mass is 32.2. The third-order valence-electron chi connectivity index (χ3n) is 2.55. The lowest BCUT2D eigenvalue weighted by Crippen LogP contribution is -2.50. The Hall–Kier alpha value is -2.00. The second-order valence-corrected chi connectivity index (χ2v) is 6.32. The number of nitrogens with one attached hydrogen (secondary N) is 1. The summed E-state index contributed by atoms with van der Waals surface area (Å²) in [5, 5.41) is 8.81. The summed E-state index contributed by atoms with van der Waals surface area (Å²) in [6.07, 6.45) is 0. The molecule has 1 rings (SSSR count). The number of ether oxygens (including phenoxy) is 1. The Morgan fingerprint density at radius 1 is 1.33 bits per heavy atom. The zero-order valence-electron chi connectivity index (χ0n) is 11.5. The summed E-state index contributed by atoms with van der Waals surface area (Å²) in [7, 11) is -3.38. The molecule has 0 heterocycles. The van der Waals surface area contributed by atoms with Crippen LogP contribution in [0.15, 0.2) is 23.1 Å². The Labute approximate surface area is 120 Å². The summed E-state index contributed by atoms with van der Waals surface area (Å²) in [6, 6.07) is 2.33. The molecule has 1 aromatic rings. The van der Waals surface area contributed by atoms with Gasteiger partial charge in [0.1, 0.15) is 16.3 Å². The molecule has 0 bridgehead atoms. The van der Waals surface area contributed by atoms with Crippen LogP contribution in [0.3, 0.4) is 0 Å². The number of carboxylic acid groups (broad SMARTS) is 1. The number of benzene rings is 1. The number of sulfonamides is 1. The highest BCUT2D eigenvalue weighted by molar-refractivity contribution is 7.89. The van der Waals surface area contributed by atoms with Crippen LogP contribution < -0.4 is 4.72 Å². The van der Waals surface area contributed by atoms with Gasteiger partial charge in [0.05, 0.1) is 12.7 Å². The topological polar surface area (TPSA) is 110 Å². The van der Waals surface area contributed by atoms with E-state index >= 15 is 0 Å². The largest absolute Gasteiger partial charge is 0.478 e. The summed E-state index contributed by atoms with van der Waals surface area (Å²) in [5.41, 5.74) is -2.04. The highest BCUT2D eigenvalue weighted by Gasteiger charge is 2.35. The van der Waals surface area contributed by atoms with Crippen LogP contribution >= 0.6 is 0 Å². The van der Waals surface area contributed by atoms with Gasteiger partial charge in [0, 0.05) is 0 Å². The number of carboxylic acids is 1. The summed E-state index contributed by atoms with van der Waals surface area (Å²) in [5.74, 6) is -3.41. The molecule has 2 N–H and O–H groups in total. The zero-order valence-corrected chi connectivity index (χ0v) is 12.3. The van der Waals surface area contributed by atoms with Gasteiger partial charge in [0.2, 0.25) is 10.0 Å². The Bertz CT molecular complexity index is 683. The van der Waals surface area contributed by atoms with E-state index in [4.69, 9.17) is 5.11 Å². The molecular weight excluding hydrogens is 305 g/mol. The molecule has 0 radical (unpaired) electrons. The van der Waals surface area contributed by atoms with Gasteiger partial charge < -0.3 is 9.84 Å². The Morgan fingerprint density at radius 3 is 2.38 bits per heavy atom. The van der Waals surface area contributed by atoms with E-state index < -0.39 is 43.8 Å². The number of carbonyl (C=O) groups excluding carboxylic acids is 1. The quantitative estimate of drug-likeness (QED) is 0.775. The second-order valence-electron chi connectivity index (χ2n) is 4.67. The van der Waals surface area contributed by atoms with Crippen LogP contribution in [0.25, 0.3) is 0 Å². The van der Waals surface area contributed by atoms with Crippen molar-refractivity contribution >= 4 is 22.0 Å². The molecule has 0 spiro atoms. The van der Waals surface area contributed by atoms with Crippen LogP contribution in [-0.4, -0.2) is 38.1 Å². The molecule has 0 aromatic heterocycles. The average molecular weight is 319 g/mol. The maximum absolute atomic E-state index is 13.7. The molecule has 0 saturated heterocycles. The van der Waals surface area contributed by atoms with Gasteiger partial charge in [-0.3, -0.25) is 4.79 Å². The van der Waals surface area contributed by atoms with Crippen molar-refractivity contribution in [1.82, 2.24) is 4.72 Å². The van der Waals surface area contributed by atoms with Crippen molar-refractivity contribution in [2.45, 2.75) is 24.3 Å². The molecule has 0 amide bonds. The highest BCUT2D eigenvalue weighted by Crippen LogP contribution is 2.19. The fraction of sp³-hybridized carbons (Fsp3) is 0.333. The molecule has 0 aliphatic rings. The molecule has 0 atom stereocenters. The maximum Gasteiger partial charge on any atom is 0.335 e. The molecule has 0 aliphatic heterocycles. The van der Waals surface area contributed by atoms with E-state index in [-0.39, 0.29) is 0 Å². The maximum atomic E-state index is 13.7. The Balaban J connectivity index is 3.29. The molecule has 21 heavy (non-hydrogen) atoms. The van der Waals surface area contributed by atoms with E-state index in [0.717, 1.165) is 19.2 Å². The van der Waals surface area contributed by atoms with Gasteiger partial charge in [-0.1, -0.05) is 0 Å². The molecule has 0 aliphatic carbocycles. The SMILES string of the molecule is COC(=O)C(C)(C)NS(=O)(=O)c1cc(C(=O)O)ccc1F. The summed E-state index contributed by atoms with van der Waals surface area (Å²) >= 11 is 0. The number of esters is 1. The fourth-order valence-corrected chi connectivity index (χ4v) is 3.00. The number of rotatable bonds is 5. The van der Waals surface area contributed by atoms with Gasteiger partial charge >= 0.3 is 11.9 Å². The number of hydrogen-bond acceptors (Lipinski definition) is 5. The number of aromatic carboxylic acids is 1. The van der Waals surface area contributed by atoms with Crippen molar-refractivity contribution in [3.63, 3.8) is 0 Å². The summed E-state index contributed by atoms with van der Waals surface area (Å²) in [6.45, 7) is 2.46. The molecular formula is C12H14FNO6S. The summed E-state index contributed by atoms with van der Waals surface area (Å²) < 4.78 is 44.3. The summed E-state index contributed by atoms with van der Waals surface area (Å²) in [4.78, 5) is 21.4. The van der Waals surface area contributed by atoms with Crippen molar-refractivity contribution in [2.75, 3.05) is 7.11 Å². The van der Waals surface area contributed by atoms with Crippen molar-refractivity contribution in [1.29, 1.82) is 0 Å². The van der Waals surface area contributed by atoms with E-state index in [1.54, 1.807) is 0 Å². The van der Waals surface area contributed by atoms with Gasteiger partial charge in [-0.05, 0) is 32.0 Å². The predicted molar refractivity (Wildman–Crippen MR) is 69.8 cm³/mol. The van der Waals surface area contributed by atoms with Gasteiger partial charge in [-0.15, -0.1) is 0 Å². The van der Waals surface area contributed by atoms with Crippen molar-refractivity contribution in [2.24, 2.45) is 0 Å². The standard InChI is InChI=1S/C12H14FNO6S/c1-12(2,11(17)20-3)14-21(18,19)9-6-7(10(15)16)4-5-8(9)13/h4-6,14H,1-3H3,(H,15,16). The van der Waals surface area contributed by atoms with Crippen molar-refractivity contribution in [3.8, 4) is 0 Å². The van der Waals surface area contributed by atoms with E-state index in [2.05, 4.69) is 4.74 Å². The van der Waals surface area contributed by atoms with Crippen LogP contribution in [0.2, 0.25) is 0 Å². The minimum Gasteiger partial charge on any atom is -0.478 e. The number of halogens is 1. The second kappa shape index (κ2) is 5.78. The van der Waals surface area contributed by atoms with Gasteiger partial charge in [0.15, 0.2) is 0 Å². The molecule has 9 heteroatoms. The molecule has 0 unspecified atom stereocenters. The van der Waals surface area contributed by atoms with Gasteiger partial charge in [-0.2, -0.15) is 4.72 Å². The fourth-order valence-electron chi connectivity index (χ4n) is 1.53. The molecule has 1 aromatic carbocycles. The monoisotopic (exact) mass is 319 g/mol. The molecule has 0 fully saturated rings. The van der Waals surface area contributed by atoms with Gasteiger partial charge in [0.25, 0.3) is 0 Å². The number of methoxy groups -OCH3 is 1. The molecule has 116 valence electrons. The van der Waals surface area contributed by atoms with Crippen LogP contribution in [0.4, 0.5) is 4.39 Å². The predicted octanol–water partition coefficient (Wildman–Crippen LogP) is 0.754. The van der Waals surface area contributed by atoms with E-state index in [0.29, 0.717) is 6.07 Å². The third kappa shape index (κ3) is 3.76. The normalized spacial score (nSPS) is 12.0. The van der Waals surface area contributed by atoms with Gasteiger partial charge in [-0.25, -0.2) is 17.6 Å². The first-order chi connectivity index (χ1) is 9.51. The minimum absolute atomic E-state index is 0.396. The van der Waals surface area contributed by atoms with Crippen LogP contribution in [0.5, 0.6) is 0 Å². The van der Waals surface area contributed by atoms with E-state index in [1.807, 2.05) is 4.72 Å². The lowest BCUT2D eigenvalue weighted by atomic mass is 10.1. The van der Waals surface area contributed by atoms with Crippen LogP contribution in [0, 0.1) is 5.82 Å². The lowest BCUT2D eigenvalue weighted by molar-refractivity contribution is -0.146. The van der Waals surface area contributed by atoms with E-state index in [1.165, 1.54) is 13.8 Å². The molecule has 0 saturated carbocycles. The van der Waals surface area contributed by atoms with Crippen molar-refractivity contribution < 1.29 is 32.2 Å². The molecule has 7 nitrogen and oxygen atoms in total. The zero-order chi connectivity index (χ0) is 16.4. The first-order valence-corrected chi connectivity index (χ1v) is 7.15. The Morgan fingerprint density at radius 2 is 1.90 bits per heavy atom. The first kappa shape index (κ1) is 17.1. The first-order valence-electron chi connectivity index (χ1n) is 5.66. The third-order valence-corrected chi connectivity index (χ3v) is 4.22. The lowest BCUT2D eigenvalue weighted by Gasteiger charge is -2.23. The minimum atomic E-state index is -4.45.